The number of halogens is 5. The highest BCUT2D eigenvalue weighted by molar-refractivity contribution is 6.32. The third-order valence-corrected chi connectivity index (χ3v) is 4.83. The molecule has 2 heterocycles. The Kier molecular flexibility index (Phi) is 6.68. The van der Waals surface area contributed by atoms with Crippen LogP contribution in [0.2, 0.25) is 5.02 Å². The topological polar surface area (TPSA) is 102 Å². The summed E-state index contributed by atoms with van der Waals surface area (Å²) in [6, 6.07) is 2.87. The number of carbonyl (C=O) groups excluding carboxylic acids is 1. The van der Waals surface area contributed by atoms with Crippen LogP contribution in [-0.4, -0.2) is 34.3 Å². The SMILES string of the molecule is COC(=O)c1ccnc(OC)c1Oc1cc(-n2c(=O)cc(C(F)(F)F)n(C)c2=O)c(F)cc1Cl. The van der Waals surface area contributed by atoms with Gasteiger partial charge in [0.1, 0.15) is 22.8 Å². The molecule has 0 radical (unpaired) electrons. The number of methoxy groups -OCH3 is 2. The lowest BCUT2D eigenvalue weighted by atomic mass is 10.2. The summed E-state index contributed by atoms with van der Waals surface area (Å²) in [5, 5.41) is -0.361. The number of esters is 1. The number of rotatable bonds is 5. The van der Waals surface area contributed by atoms with Gasteiger partial charge in [0, 0.05) is 25.4 Å². The van der Waals surface area contributed by atoms with Gasteiger partial charge < -0.3 is 14.2 Å². The molecule has 0 aliphatic rings. The molecule has 3 aromatic rings. The first-order valence-corrected chi connectivity index (χ1v) is 9.47. The number of hydrogen-bond acceptors (Lipinski definition) is 7. The number of carbonyl (C=O) groups is 1. The van der Waals surface area contributed by atoms with E-state index in [1.807, 2.05) is 0 Å². The standard InChI is InChI=1S/C20H14ClF4N3O6/c1-27-14(20(23,24)25)8-15(29)28(19(27)31)12-7-13(10(21)6-11(12)22)34-16-9(18(30)33-3)4-5-26-17(16)32-2/h4-8H,1-3H3. The molecule has 3 rings (SSSR count). The molecule has 0 aliphatic carbocycles. The molecule has 0 N–H and O–H groups in total. The molecule has 34 heavy (non-hydrogen) atoms. The lowest BCUT2D eigenvalue weighted by Crippen LogP contribution is -2.41. The van der Waals surface area contributed by atoms with Gasteiger partial charge >= 0.3 is 17.8 Å². The lowest BCUT2D eigenvalue weighted by Gasteiger charge is -2.16. The van der Waals surface area contributed by atoms with Crippen LogP contribution in [0, 0.1) is 5.82 Å². The second-order valence-corrected chi connectivity index (χ2v) is 6.97. The van der Waals surface area contributed by atoms with Gasteiger partial charge in [0.2, 0.25) is 5.75 Å². The van der Waals surface area contributed by atoms with Crippen molar-refractivity contribution in [3.05, 3.63) is 73.4 Å². The average molecular weight is 504 g/mol. The zero-order valence-electron chi connectivity index (χ0n) is 17.6. The number of benzene rings is 1. The maximum absolute atomic E-state index is 14.7. The second-order valence-electron chi connectivity index (χ2n) is 6.57. The quantitative estimate of drug-likeness (QED) is 0.389. The van der Waals surface area contributed by atoms with Gasteiger partial charge in [-0.1, -0.05) is 11.6 Å². The van der Waals surface area contributed by atoms with Crippen molar-refractivity contribution in [2.24, 2.45) is 7.05 Å². The Labute approximate surface area is 192 Å². The van der Waals surface area contributed by atoms with Crippen molar-refractivity contribution < 1.29 is 36.6 Å². The summed E-state index contributed by atoms with van der Waals surface area (Å²) in [6.45, 7) is 0. The van der Waals surface area contributed by atoms with Gasteiger partial charge in [0.15, 0.2) is 0 Å². The number of hydrogen-bond donors (Lipinski definition) is 0. The molecule has 0 amide bonds. The molecule has 0 aliphatic heterocycles. The van der Waals surface area contributed by atoms with E-state index in [1.54, 1.807) is 0 Å². The fourth-order valence-electron chi connectivity index (χ4n) is 2.94. The van der Waals surface area contributed by atoms with Gasteiger partial charge in [0.05, 0.1) is 24.9 Å². The normalized spacial score (nSPS) is 11.3. The van der Waals surface area contributed by atoms with Gasteiger partial charge in [-0.3, -0.25) is 9.36 Å². The minimum absolute atomic E-state index is 0.148. The third kappa shape index (κ3) is 4.46. The Hall–Kier alpha value is -3.87. The molecule has 0 unspecified atom stereocenters. The first kappa shape index (κ1) is 24.8. The van der Waals surface area contributed by atoms with Crippen LogP contribution in [0.1, 0.15) is 16.1 Å². The maximum atomic E-state index is 14.7. The van der Waals surface area contributed by atoms with E-state index in [0.717, 1.165) is 20.2 Å². The summed E-state index contributed by atoms with van der Waals surface area (Å²) in [5.41, 5.74) is -5.34. The Bertz CT molecular complexity index is 1400. The fourth-order valence-corrected chi connectivity index (χ4v) is 3.13. The predicted octanol–water partition coefficient (Wildman–Crippen LogP) is 3.33. The van der Waals surface area contributed by atoms with Crippen molar-refractivity contribution in [1.29, 1.82) is 0 Å². The summed E-state index contributed by atoms with van der Waals surface area (Å²) in [4.78, 5) is 40.9. The van der Waals surface area contributed by atoms with Crippen molar-refractivity contribution in [1.82, 2.24) is 14.1 Å². The summed E-state index contributed by atoms with van der Waals surface area (Å²) in [7, 11) is 3.10. The molecule has 0 atom stereocenters. The van der Waals surface area contributed by atoms with Crippen LogP contribution in [0.15, 0.2) is 40.1 Å². The summed E-state index contributed by atoms with van der Waals surface area (Å²) < 4.78 is 69.7. The minimum Gasteiger partial charge on any atom is -0.478 e. The van der Waals surface area contributed by atoms with Crippen LogP contribution in [-0.2, 0) is 18.0 Å². The monoisotopic (exact) mass is 503 g/mol. The van der Waals surface area contributed by atoms with E-state index < -0.39 is 40.6 Å². The smallest absolute Gasteiger partial charge is 0.431 e. The highest BCUT2D eigenvalue weighted by Crippen LogP contribution is 2.38. The molecule has 0 spiro atoms. The number of alkyl halides is 3. The molecule has 0 bridgehead atoms. The van der Waals surface area contributed by atoms with E-state index in [1.165, 1.54) is 19.4 Å². The van der Waals surface area contributed by atoms with Crippen LogP contribution >= 0.6 is 11.6 Å². The van der Waals surface area contributed by atoms with Gasteiger partial charge in [-0.25, -0.2) is 23.5 Å². The van der Waals surface area contributed by atoms with E-state index in [-0.39, 0.29) is 43.2 Å². The van der Waals surface area contributed by atoms with E-state index >= 15 is 0 Å². The van der Waals surface area contributed by atoms with E-state index in [4.69, 9.17) is 21.1 Å². The van der Waals surface area contributed by atoms with Crippen molar-refractivity contribution in [2.45, 2.75) is 6.18 Å². The highest BCUT2D eigenvalue weighted by atomic mass is 35.5. The Balaban J connectivity index is 2.23. The van der Waals surface area contributed by atoms with Gasteiger partial charge in [-0.05, 0) is 12.1 Å². The van der Waals surface area contributed by atoms with E-state index in [0.29, 0.717) is 6.07 Å². The first-order valence-electron chi connectivity index (χ1n) is 9.09. The molecular weight excluding hydrogens is 490 g/mol. The average Bonchev–Trinajstić information content (AvgIpc) is 2.77. The van der Waals surface area contributed by atoms with E-state index in [2.05, 4.69) is 9.72 Å². The summed E-state index contributed by atoms with van der Waals surface area (Å²) >= 11 is 6.03. The maximum Gasteiger partial charge on any atom is 0.431 e. The molecule has 14 heteroatoms. The number of ether oxygens (including phenoxy) is 3. The zero-order valence-corrected chi connectivity index (χ0v) is 18.3. The number of aromatic nitrogens is 3. The Morgan fingerprint density at radius 3 is 2.41 bits per heavy atom. The predicted molar refractivity (Wildman–Crippen MR) is 109 cm³/mol. The molecular formula is C20H14ClF4N3O6. The lowest BCUT2D eigenvalue weighted by molar-refractivity contribution is -0.144. The van der Waals surface area contributed by atoms with Crippen LogP contribution in [0.3, 0.4) is 0 Å². The number of pyridine rings is 1. The molecule has 0 saturated heterocycles. The largest absolute Gasteiger partial charge is 0.478 e. The van der Waals surface area contributed by atoms with Crippen LogP contribution < -0.4 is 20.7 Å². The zero-order chi connectivity index (χ0) is 25.4. The van der Waals surface area contributed by atoms with Crippen LogP contribution in [0.4, 0.5) is 17.6 Å². The molecule has 2 aromatic heterocycles. The van der Waals surface area contributed by atoms with Crippen LogP contribution in [0.5, 0.6) is 17.4 Å². The van der Waals surface area contributed by atoms with Crippen molar-refractivity contribution in [3.63, 3.8) is 0 Å². The van der Waals surface area contributed by atoms with Gasteiger partial charge in [0.25, 0.3) is 11.4 Å². The highest BCUT2D eigenvalue weighted by Gasteiger charge is 2.35. The van der Waals surface area contributed by atoms with Crippen molar-refractivity contribution in [3.8, 4) is 23.1 Å². The first-order chi connectivity index (χ1) is 15.9. The van der Waals surface area contributed by atoms with Gasteiger partial charge in [-0.15, -0.1) is 0 Å². The number of nitrogens with zero attached hydrogens (tertiary/aromatic N) is 3. The van der Waals surface area contributed by atoms with Gasteiger partial charge in [-0.2, -0.15) is 13.2 Å². The fraction of sp³-hybridized carbons (Fsp3) is 0.200. The summed E-state index contributed by atoms with van der Waals surface area (Å²) in [6.07, 6.45) is -3.78. The van der Waals surface area contributed by atoms with Crippen molar-refractivity contribution >= 4 is 17.6 Å². The summed E-state index contributed by atoms with van der Waals surface area (Å²) in [5.74, 6) is -2.90. The molecule has 180 valence electrons. The minimum atomic E-state index is -5.00. The third-order valence-electron chi connectivity index (χ3n) is 4.54. The Morgan fingerprint density at radius 2 is 1.82 bits per heavy atom. The van der Waals surface area contributed by atoms with Crippen LogP contribution in [0.25, 0.3) is 5.69 Å². The Morgan fingerprint density at radius 1 is 1.15 bits per heavy atom. The molecule has 1 aromatic carbocycles. The van der Waals surface area contributed by atoms with E-state index in [9.17, 15) is 31.9 Å². The molecule has 0 saturated carbocycles. The molecule has 9 nitrogen and oxygen atoms in total. The second kappa shape index (κ2) is 9.17. The molecule has 0 fully saturated rings. The van der Waals surface area contributed by atoms with Crippen molar-refractivity contribution in [2.75, 3.05) is 14.2 Å².